The first-order valence-corrected chi connectivity index (χ1v) is 6.05. The van der Waals surface area contributed by atoms with Crippen molar-refractivity contribution in [1.29, 1.82) is 0 Å². The van der Waals surface area contributed by atoms with Gasteiger partial charge in [-0.05, 0) is 42.8 Å². The molecule has 20 heavy (non-hydrogen) atoms. The number of aromatic carboxylic acids is 1. The Kier molecular flexibility index (Phi) is 2.95. The molecular formula is C15H12O5. The molecular weight excluding hydrogens is 260 g/mol. The summed E-state index contributed by atoms with van der Waals surface area (Å²) in [5, 5.41) is 8.92. The van der Waals surface area contributed by atoms with Crippen LogP contribution in [0, 0.1) is 6.92 Å². The molecule has 1 aliphatic rings. The molecule has 2 aromatic rings. The standard InChI is InChI=1S/C15H12O5/c1-9-6-10(15(16)17)2-4-12(9)20-11-3-5-13-14(7-11)19-8-18-13/h2-7H,8H2,1H3,(H,16,17). The van der Waals surface area contributed by atoms with Gasteiger partial charge in [0, 0.05) is 6.07 Å². The summed E-state index contributed by atoms with van der Waals surface area (Å²) < 4.78 is 16.2. The second-order valence-corrected chi connectivity index (χ2v) is 4.40. The van der Waals surface area contributed by atoms with Gasteiger partial charge in [0.2, 0.25) is 6.79 Å². The highest BCUT2D eigenvalue weighted by Gasteiger charge is 2.14. The molecule has 0 radical (unpaired) electrons. The van der Waals surface area contributed by atoms with Crippen LogP contribution in [0.25, 0.3) is 0 Å². The average Bonchev–Trinajstić information content (AvgIpc) is 2.88. The van der Waals surface area contributed by atoms with Gasteiger partial charge in [0.1, 0.15) is 11.5 Å². The highest BCUT2D eigenvalue weighted by atomic mass is 16.7. The number of aryl methyl sites for hydroxylation is 1. The molecule has 2 aromatic carbocycles. The van der Waals surface area contributed by atoms with Gasteiger partial charge in [0.25, 0.3) is 0 Å². The van der Waals surface area contributed by atoms with Crippen molar-refractivity contribution in [3.63, 3.8) is 0 Å². The van der Waals surface area contributed by atoms with E-state index in [-0.39, 0.29) is 12.4 Å². The Hall–Kier alpha value is -2.69. The molecule has 0 saturated carbocycles. The molecule has 1 heterocycles. The number of carbonyl (C=O) groups is 1. The fraction of sp³-hybridized carbons (Fsp3) is 0.133. The summed E-state index contributed by atoms with van der Waals surface area (Å²) in [6.45, 7) is 2.01. The predicted molar refractivity (Wildman–Crippen MR) is 70.8 cm³/mol. The summed E-state index contributed by atoms with van der Waals surface area (Å²) >= 11 is 0. The molecule has 0 fully saturated rings. The van der Waals surface area contributed by atoms with E-state index in [1.54, 1.807) is 37.3 Å². The van der Waals surface area contributed by atoms with E-state index in [0.717, 1.165) is 5.56 Å². The lowest BCUT2D eigenvalue weighted by Crippen LogP contribution is -1.97. The first-order valence-electron chi connectivity index (χ1n) is 6.05. The minimum atomic E-state index is -0.956. The quantitative estimate of drug-likeness (QED) is 0.929. The molecule has 5 heteroatoms. The van der Waals surface area contributed by atoms with E-state index < -0.39 is 5.97 Å². The smallest absolute Gasteiger partial charge is 0.335 e. The van der Waals surface area contributed by atoms with Crippen LogP contribution in [-0.4, -0.2) is 17.9 Å². The van der Waals surface area contributed by atoms with Crippen molar-refractivity contribution in [2.75, 3.05) is 6.79 Å². The lowest BCUT2D eigenvalue weighted by atomic mass is 10.1. The lowest BCUT2D eigenvalue weighted by Gasteiger charge is -2.09. The van der Waals surface area contributed by atoms with Crippen LogP contribution >= 0.6 is 0 Å². The van der Waals surface area contributed by atoms with Gasteiger partial charge in [-0.15, -0.1) is 0 Å². The van der Waals surface area contributed by atoms with Crippen LogP contribution in [-0.2, 0) is 0 Å². The van der Waals surface area contributed by atoms with Gasteiger partial charge in [-0.1, -0.05) is 0 Å². The number of fused-ring (bicyclic) bond motifs is 1. The summed E-state index contributed by atoms with van der Waals surface area (Å²) in [7, 11) is 0. The third-order valence-corrected chi connectivity index (χ3v) is 2.99. The Balaban J connectivity index is 1.86. The van der Waals surface area contributed by atoms with E-state index in [9.17, 15) is 4.79 Å². The van der Waals surface area contributed by atoms with E-state index in [4.69, 9.17) is 19.3 Å². The molecule has 102 valence electrons. The Morgan fingerprint density at radius 1 is 1.15 bits per heavy atom. The fourth-order valence-electron chi connectivity index (χ4n) is 1.96. The van der Waals surface area contributed by atoms with E-state index in [2.05, 4.69) is 0 Å². The Bertz CT molecular complexity index is 678. The Morgan fingerprint density at radius 2 is 1.95 bits per heavy atom. The summed E-state index contributed by atoms with van der Waals surface area (Å²) in [6.07, 6.45) is 0. The molecule has 0 amide bonds. The van der Waals surface area contributed by atoms with Crippen molar-refractivity contribution in [3.05, 3.63) is 47.5 Å². The van der Waals surface area contributed by atoms with Gasteiger partial charge < -0.3 is 19.3 Å². The van der Waals surface area contributed by atoms with Crippen molar-refractivity contribution < 1.29 is 24.1 Å². The molecule has 1 N–H and O–H groups in total. The van der Waals surface area contributed by atoms with E-state index in [1.165, 1.54) is 6.07 Å². The average molecular weight is 272 g/mol. The number of hydrogen-bond donors (Lipinski definition) is 1. The van der Waals surface area contributed by atoms with Crippen LogP contribution in [0.4, 0.5) is 0 Å². The monoisotopic (exact) mass is 272 g/mol. The maximum absolute atomic E-state index is 10.9. The number of ether oxygens (including phenoxy) is 3. The number of rotatable bonds is 3. The van der Waals surface area contributed by atoms with Gasteiger partial charge in [-0.3, -0.25) is 0 Å². The minimum Gasteiger partial charge on any atom is -0.478 e. The normalized spacial score (nSPS) is 12.2. The van der Waals surface area contributed by atoms with Gasteiger partial charge >= 0.3 is 5.97 Å². The fourth-order valence-corrected chi connectivity index (χ4v) is 1.96. The van der Waals surface area contributed by atoms with Crippen molar-refractivity contribution in [3.8, 4) is 23.0 Å². The topological polar surface area (TPSA) is 65.0 Å². The Labute approximate surface area is 115 Å². The highest BCUT2D eigenvalue weighted by Crippen LogP contribution is 2.37. The highest BCUT2D eigenvalue weighted by molar-refractivity contribution is 5.88. The first kappa shape index (κ1) is 12.3. The van der Waals surface area contributed by atoms with Crippen molar-refractivity contribution in [1.82, 2.24) is 0 Å². The van der Waals surface area contributed by atoms with Gasteiger partial charge in [-0.25, -0.2) is 4.79 Å². The third-order valence-electron chi connectivity index (χ3n) is 2.99. The van der Waals surface area contributed by atoms with Crippen LogP contribution in [0.15, 0.2) is 36.4 Å². The third kappa shape index (κ3) is 2.25. The van der Waals surface area contributed by atoms with Crippen molar-refractivity contribution in [2.45, 2.75) is 6.92 Å². The summed E-state index contributed by atoms with van der Waals surface area (Å²) in [4.78, 5) is 10.9. The summed E-state index contributed by atoms with van der Waals surface area (Å²) in [5.74, 6) is 1.59. The zero-order chi connectivity index (χ0) is 14.1. The van der Waals surface area contributed by atoms with Crippen molar-refractivity contribution in [2.24, 2.45) is 0 Å². The predicted octanol–water partition coefficient (Wildman–Crippen LogP) is 3.21. The summed E-state index contributed by atoms with van der Waals surface area (Å²) in [6, 6.07) is 10.0. The zero-order valence-corrected chi connectivity index (χ0v) is 10.8. The van der Waals surface area contributed by atoms with Crippen LogP contribution in [0.3, 0.4) is 0 Å². The second-order valence-electron chi connectivity index (χ2n) is 4.40. The summed E-state index contributed by atoms with van der Waals surface area (Å²) in [5.41, 5.74) is 0.989. The maximum Gasteiger partial charge on any atom is 0.335 e. The number of carboxylic acids is 1. The van der Waals surface area contributed by atoms with Crippen LogP contribution in [0.5, 0.6) is 23.0 Å². The number of benzene rings is 2. The molecule has 5 nitrogen and oxygen atoms in total. The lowest BCUT2D eigenvalue weighted by molar-refractivity contribution is 0.0696. The molecule has 0 aliphatic carbocycles. The molecule has 0 saturated heterocycles. The van der Waals surface area contributed by atoms with Crippen LogP contribution in [0.1, 0.15) is 15.9 Å². The maximum atomic E-state index is 10.9. The first-order chi connectivity index (χ1) is 9.63. The van der Waals surface area contributed by atoms with E-state index in [0.29, 0.717) is 23.0 Å². The molecule has 0 bridgehead atoms. The number of hydrogen-bond acceptors (Lipinski definition) is 4. The molecule has 0 unspecified atom stereocenters. The zero-order valence-electron chi connectivity index (χ0n) is 10.8. The van der Waals surface area contributed by atoms with Gasteiger partial charge in [0.05, 0.1) is 5.56 Å². The SMILES string of the molecule is Cc1cc(C(=O)O)ccc1Oc1ccc2c(c1)OCO2. The Morgan fingerprint density at radius 3 is 2.70 bits per heavy atom. The van der Waals surface area contributed by atoms with Gasteiger partial charge in [0.15, 0.2) is 11.5 Å². The minimum absolute atomic E-state index is 0.213. The van der Waals surface area contributed by atoms with E-state index in [1.807, 2.05) is 0 Å². The van der Waals surface area contributed by atoms with Crippen LogP contribution in [0.2, 0.25) is 0 Å². The van der Waals surface area contributed by atoms with Crippen LogP contribution < -0.4 is 14.2 Å². The van der Waals surface area contributed by atoms with Gasteiger partial charge in [-0.2, -0.15) is 0 Å². The molecule has 0 spiro atoms. The van der Waals surface area contributed by atoms with E-state index >= 15 is 0 Å². The second kappa shape index (κ2) is 4.77. The molecule has 1 aliphatic heterocycles. The van der Waals surface area contributed by atoms with Crippen molar-refractivity contribution >= 4 is 5.97 Å². The molecule has 0 aromatic heterocycles. The largest absolute Gasteiger partial charge is 0.478 e. The molecule has 3 rings (SSSR count). The number of carboxylic acid groups (broad SMARTS) is 1. The molecule has 0 atom stereocenters.